The summed E-state index contributed by atoms with van der Waals surface area (Å²) in [6.45, 7) is 2.10. The predicted molar refractivity (Wildman–Crippen MR) is 68.6 cm³/mol. The number of thiazole rings is 1. The molecule has 17 heavy (non-hydrogen) atoms. The fourth-order valence-corrected chi connectivity index (χ4v) is 3.06. The molecule has 1 amide bonds. The monoisotopic (exact) mass is 246 g/mol. The van der Waals surface area contributed by atoms with Crippen LogP contribution in [0, 0.1) is 11.8 Å². The Bertz CT molecular complexity index is 653. The van der Waals surface area contributed by atoms with Crippen molar-refractivity contribution in [2.75, 3.05) is 0 Å². The van der Waals surface area contributed by atoms with Crippen molar-refractivity contribution in [2.24, 2.45) is 23.9 Å². The van der Waals surface area contributed by atoms with Crippen molar-refractivity contribution < 1.29 is 4.79 Å². The number of hydrogen-bond acceptors (Lipinski definition) is 2. The average molecular weight is 246 g/mol. The molecule has 0 spiro atoms. The van der Waals surface area contributed by atoms with Crippen molar-refractivity contribution in [3.8, 4) is 0 Å². The van der Waals surface area contributed by atoms with E-state index in [1.165, 1.54) is 4.70 Å². The van der Waals surface area contributed by atoms with Crippen LogP contribution in [-0.2, 0) is 11.8 Å². The van der Waals surface area contributed by atoms with E-state index in [4.69, 9.17) is 0 Å². The highest BCUT2D eigenvalue weighted by Crippen LogP contribution is 2.38. The van der Waals surface area contributed by atoms with Gasteiger partial charge in [-0.15, -0.1) is 0 Å². The molecule has 1 aliphatic carbocycles. The zero-order chi connectivity index (χ0) is 12.0. The number of nitrogens with zero attached hydrogens (tertiary/aromatic N) is 2. The van der Waals surface area contributed by atoms with Crippen LogP contribution in [0.15, 0.2) is 29.3 Å². The molecule has 1 aromatic heterocycles. The van der Waals surface area contributed by atoms with Gasteiger partial charge in [-0.05, 0) is 24.5 Å². The highest BCUT2D eigenvalue weighted by atomic mass is 32.1. The SMILES string of the molecule is CC1CC1C(=O)N=c1sc2ccccc2n1C. The lowest BCUT2D eigenvalue weighted by molar-refractivity contribution is -0.119. The molecule has 3 rings (SSSR count). The van der Waals surface area contributed by atoms with E-state index in [0.717, 1.165) is 16.7 Å². The standard InChI is InChI=1S/C13H14N2OS/c1-8-7-9(8)12(16)14-13-15(2)10-5-3-4-6-11(10)17-13/h3-6,8-9H,7H2,1-2H3. The number of carbonyl (C=O) groups excluding carboxylic acids is 1. The molecule has 0 saturated heterocycles. The minimum absolute atomic E-state index is 0.0413. The smallest absolute Gasteiger partial charge is 0.251 e. The van der Waals surface area contributed by atoms with Gasteiger partial charge in [-0.2, -0.15) is 4.99 Å². The molecule has 0 bridgehead atoms. The quantitative estimate of drug-likeness (QED) is 0.760. The van der Waals surface area contributed by atoms with Gasteiger partial charge < -0.3 is 4.57 Å². The molecule has 1 saturated carbocycles. The molecule has 88 valence electrons. The van der Waals surface area contributed by atoms with E-state index in [0.29, 0.717) is 5.92 Å². The van der Waals surface area contributed by atoms with E-state index in [1.54, 1.807) is 11.3 Å². The predicted octanol–water partition coefficient (Wildman–Crippen LogP) is 2.32. The highest BCUT2D eigenvalue weighted by Gasteiger charge is 2.39. The Kier molecular flexibility index (Phi) is 2.40. The summed E-state index contributed by atoms with van der Waals surface area (Å²) >= 11 is 1.57. The zero-order valence-corrected chi connectivity index (χ0v) is 10.7. The Balaban J connectivity index is 2.08. The molecule has 1 fully saturated rings. The molecule has 2 atom stereocenters. The van der Waals surface area contributed by atoms with E-state index < -0.39 is 0 Å². The minimum Gasteiger partial charge on any atom is -0.319 e. The van der Waals surface area contributed by atoms with Crippen LogP contribution in [0.2, 0.25) is 0 Å². The van der Waals surface area contributed by atoms with Crippen molar-refractivity contribution in [1.82, 2.24) is 4.57 Å². The lowest BCUT2D eigenvalue weighted by atomic mass is 10.3. The maximum Gasteiger partial charge on any atom is 0.251 e. The van der Waals surface area contributed by atoms with E-state index in [9.17, 15) is 4.79 Å². The fourth-order valence-electron chi connectivity index (χ4n) is 2.03. The van der Waals surface area contributed by atoms with E-state index in [1.807, 2.05) is 23.7 Å². The van der Waals surface area contributed by atoms with Gasteiger partial charge >= 0.3 is 0 Å². The molecular formula is C13H14N2OS. The summed E-state index contributed by atoms with van der Waals surface area (Å²) in [6.07, 6.45) is 0.997. The van der Waals surface area contributed by atoms with Gasteiger partial charge in [0.25, 0.3) is 5.91 Å². The highest BCUT2D eigenvalue weighted by molar-refractivity contribution is 7.16. The fraction of sp³-hybridized carbons (Fsp3) is 0.385. The van der Waals surface area contributed by atoms with Crippen LogP contribution in [0.3, 0.4) is 0 Å². The van der Waals surface area contributed by atoms with Crippen LogP contribution < -0.4 is 4.80 Å². The van der Waals surface area contributed by atoms with Gasteiger partial charge in [0.05, 0.1) is 10.2 Å². The minimum atomic E-state index is 0.0413. The molecule has 1 heterocycles. The van der Waals surface area contributed by atoms with Crippen LogP contribution in [-0.4, -0.2) is 10.5 Å². The van der Waals surface area contributed by atoms with Gasteiger partial charge in [-0.1, -0.05) is 30.4 Å². The molecular weight excluding hydrogens is 232 g/mol. The van der Waals surface area contributed by atoms with Crippen molar-refractivity contribution in [2.45, 2.75) is 13.3 Å². The molecule has 0 aliphatic heterocycles. The third-order valence-corrected chi connectivity index (χ3v) is 4.46. The van der Waals surface area contributed by atoms with Crippen molar-refractivity contribution in [3.63, 3.8) is 0 Å². The van der Waals surface area contributed by atoms with E-state index >= 15 is 0 Å². The Hall–Kier alpha value is -1.42. The normalized spacial score (nSPS) is 24.2. The molecule has 1 aliphatic rings. The molecule has 0 N–H and O–H groups in total. The van der Waals surface area contributed by atoms with Crippen LogP contribution in [0.1, 0.15) is 13.3 Å². The van der Waals surface area contributed by atoms with Crippen LogP contribution in [0.25, 0.3) is 10.2 Å². The second-order valence-corrected chi connectivity index (χ2v) is 5.69. The Morgan fingerprint density at radius 2 is 2.18 bits per heavy atom. The molecule has 1 aromatic carbocycles. The number of rotatable bonds is 1. The number of amides is 1. The number of benzene rings is 1. The first kappa shape index (κ1) is 10.7. The number of para-hydroxylation sites is 1. The summed E-state index contributed by atoms with van der Waals surface area (Å²) in [7, 11) is 1.96. The summed E-state index contributed by atoms with van der Waals surface area (Å²) in [6, 6.07) is 8.12. The van der Waals surface area contributed by atoms with Crippen LogP contribution >= 0.6 is 11.3 Å². The number of aromatic nitrogens is 1. The van der Waals surface area contributed by atoms with Crippen LogP contribution in [0.5, 0.6) is 0 Å². The summed E-state index contributed by atoms with van der Waals surface area (Å²) in [4.78, 5) is 16.9. The van der Waals surface area contributed by atoms with Crippen LogP contribution in [0.4, 0.5) is 0 Å². The number of fused-ring (bicyclic) bond motifs is 1. The zero-order valence-electron chi connectivity index (χ0n) is 9.88. The van der Waals surface area contributed by atoms with E-state index in [-0.39, 0.29) is 11.8 Å². The Morgan fingerprint density at radius 3 is 2.82 bits per heavy atom. The molecule has 0 radical (unpaired) electrons. The number of hydrogen-bond donors (Lipinski definition) is 0. The second-order valence-electron chi connectivity index (χ2n) is 4.68. The van der Waals surface area contributed by atoms with Gasteiger partial charge in [0.1, 0.15) is 0 Å². The van der Waals surface area contributed by atoms with Gasteiger partial charge in [0.2, 0.25) is 0 Å². The third kappa shape index (κ3) is 1.82. The van der Waals surface area contributed by atoms with Gasteiger partial charge in [0, 0.05) is 13.0 Å². The summed E-state index contributed by atoms with van der Waals surface area (Å²) in [5.41, 5.74) is 1.13. The largest absolute Gasteiger partial charge is 0.319 e. The molecule has 4 heteroatoms. The maximum absolute atomic E-state index is 11.8. The number of carbonyl (C=O) groups is 1. The van der Waals surface area contributed by atoms with Crippen molar-refractivity contribution in [1.29, 1.82) is 0 Å². The third-order valence-electron chi connectivity index (χ3n) is 3.35. The van der Waals surface area contributed by atoms with Crippen molar-refractivity contribution >= 4 is 27.5 Å². The molecule has 3 nitrogen and oxygen atoms in total. The molecule has 2 aromatic rings. The summed E-state index contributed by atoms with van der Waals surface area (Å²) < 4.78 is 3.16. The average Bonchev–Trinajstić information content (AvgIpc) is 2.97. The topological polar surface area (TPSA) is 34.4 Å². The Morgan fingerprint density at radius 1 is 1.47 bits per heavy atom. The maximum atomic E-state index is 11.8. The first-order valence-corrected chi connectivity index (χ1v) is 6.61. The first-order valence-electron chi connectivity index (χ1n) is 5.80. The summed E-state index contributed by atoms with van der Waals surface area (Å²) in [5.74, 6) is 0.728. The second kappa shape index (κ2) is 3.81. The lowest BCUT2D eigenvalue weighted by Gasteiger charge is -1.93. The van der Waals surface area contributed by atoms with Crippen molar-refractivity contribution in [3.05, 3.63) is 29.1 Å². The number of aryl methyl sites for hydroxylation is 1. The Labute approximate surface area is 103 Å². The van der Waals surface area contributed by atoms with Gasteiger partial charge in [0.15, 0.2) is 4.80 Å². The summed E-state index contributed by atoms with van der Waals surface area (Å²) in [5, 5.41) is 0. The van der Waals surface area contributed by atoms with Gasteiger partial charge in [-0.3, -0.25) is 4.79 Å². The van der Waals surface area contributed by atoms with Gasteiger partial charge in [-0.25, -0.2) is 0 Å². The molecule has 2 unspecified atom stereocenters. The first-order chi connectivity index (χ1) is 8.16. The lowest BCUT2D eigenvalue weighted by Crippen LogP contribution is -2.14. The van der Waals surface area contributed by atoms with E-state index in [2.05, 4.69) is 24.0 Å².